The van der Waals surface area contributed by atoms with Crippen LogP contribution in [0.4, 0.5) is 4.79 Å². The Balaban J connectivity index is 2.46. The van der Waals surface area contributed by atoms with E-state index in [1.54, 1.807) is 4.90 Å². The van der Waals surface area contributed by atoms with Crippen molar-refractivity contribution in [3.63, 3.8) is 0 Å². The van der Waals surface area contributed by atoms with Crippen LogP contribution in [0.2, 0.25) is 0 Å². The lowest BCUT2D eigenvalue weighted by molar-refractivity contribution is 0.206. The number of likely N-dealkylation sites (tertiary alicyclic amines) is 1. The smallest absolute Gasteiger partial charge is 0.312 e. The van der Waals surface area contributed by atoms with E-state index in [1.807, 2.05) is 0 Å². The highest BCUT2D eigenvalue weighted by Crippen LogP contribution is 2.19. The molecule has 0 aromatic carbocycles. The molecule has 0 aromatic rings. The lowest BCUT2D eigenvalue weighted by Gasteiger charge is -2.18. The highest BCUT2D eigenvalue weighted by molar-refractivity contribution is 7.80. The van der Waals surface area contributed by atoms with E-state index in [0.717, 1.165) is 19.4 Å². The molecule has 1 unspecified atom stereocenters. The lowest BCUT2D eigenvalue weighted by atomic mass is 10.4. The summed E-state index contributed by atoms with van der Waals surface area (Å²) in [6.07, 6.45) is 1.97. The van der Waals surface area contributed by atoms with Crippen molar-refractivity contribution in [2.45, 2.75) is 18.2 Å². The van der Waals surface area contributed by atoms with Gasteiger partial charge in [-0.1, -0.05) is 0 Å². The summed E-state index contributed by atoms with van der Waals surface area (Å²) in [4.78, 5) is 12.5. The van der Waals surface area contributed by atoms with Crippen molar-refractivity contribution in [2.75, 3.05) is 6.54 Å². The molecule has 1 atom stereocenters. The maximum absolute atomic E-state index is 10.9. The molecule has 10 heavy (non-hydrogen) atoms. The van der Waals surface area contributed by atoms with Gasteiger partial charge in [0.05, 0.1) is 5.37 Å². The minimum atomic E-state index is -0.238. The highest BCUT2D eigenvalue weighted by atomic mass is 32.1. The van der Waals surface area contributed by atoms with Gasteiger partial charge in [0.15, 0.2) is 0 Å². The Morgan fingerprint density at radius 2 is 2.50 bits per heavy atom. The Morgan fingerprint density at radius 3 is 2.90 bits per heavy atom. The third kappa shape index (κ3) is 1.35. The third-order valence-electron chi connectivity index (χ3n) is 1.61. The first-order valence-corrected chi connectivity index (χ1v) is 3.72. The van der Waals surface area contributed by atoms with E-state index in [2.05, 4.69) is 18.1 Å². The normalized spacial score (nSPS) is 25.0. The van der Waals surface area contributed by atoms with E-state index < -0.39 is 0 Å². The molecule has 0 radical (unpaired) electrons. The van der Waals surface area contributed by atoms with Gasteiger partial charge in [0, 0.05) is 6.54 Å². The zero-order valence-corrected chi connectivity index (χ0v) is 6.47. The number of carbonyl (C=O) groups excluding carboxylic acids is 1. The first kappa shape index (κ1) is 7.68. The van der Waals surface area contributed by atoms with Gasteiger partial charge in [0.25, 0.3) is 0 Å². The lowest BCUT2D eigenvalue weighted by Crippen LogP contribution is -2.44. The first-order valence-electron chi connectivity index (χ1n) is 3.21. The van der Waals surface area contributed by atoms with Crippen LogP contribution in [0.3, 0.4) is 0 Å². The molecule has 1 aliphatic heterocycles. The monoisotopic (exact) mass is 161 g/mol. The van der Waals surface area contributed by atoms with Gasteiger partial charge in [-0.05, 0) is 12.8 Å². The summed E-state index contributed by atoms with van der Waals surface area (Å²) in [5.41, 5.74) is 2.08. The average molecular weight is 161 g/mol. The maximum Gasteiger partial charge on any atom is 0.332 e. The number of amides is 2. The fourth-order valence-electron chi connectivity index (χ4n) is 1.07. The molecule has 1 aliphatic rings. The Hall–Kier alpha value is -0.420. The van der Waals surface area contributed by atoms with E-state index in [4.69, 9.17) is 5.84 Å². The van der Waals surface area contributed by atoms with Crippen molar-refractivity contribution in [1.29, 1.82) is 0 Å². The number of rotatable bonds is 0. The van der Waals surface area contributed by atoms with Crippen molar-refractivity contribution < 1.29 is 4.79 Å². The molecule has 0 saturated carbocycles. The third-order valence-corrected chi connectivity index (χ3v) is 2.14. The van der Waals surface area contributed by atoms with Gasteiger partial charge in [0.1, 0.15) is 0 Å². The molecule has 3 N–H and O–H groups in total. The Labute approximate surface area is 65.1 Å². The maximum atomic E-state index is 10.9. The number of nitrogens with zero attached hydrogens (tertiary/aromatic N) is 1. The molecular weight excluding hydrogens is 150 g/mol. The topological polar surface area (TPSA) is 58.4 Å². The molecule has 1 fully saturated rings. The van der Waals surface area contributed by atoms with Crippen molar-refractivity contribution >= 4 is 18.7 Å². The van der Waals surface area contributed by atoms with Crippen LogP contribution >= 0.6 is 12.6 Å². The van der Waals surface area contributed by atoms with Crippen LogP contribution in [0.5, 0.6) is 0 Å². The molecule has 0 bridgehead atoms. The minimum absolute atomic E-state index is 0.0450. The van der Waals surface area contributed by atoms with Crippen LogP contribution in [0.25, 0.3) is 0 Å². The number of hydrogen-bond acceptors (Lipinski definition) is 3. The van der Waals surface area contributed by atoms with Gasteiger partial charge in [0.2, 0.25) is 0 Å². The SMILES string of the molecule is NNC(=O)N1CCCC1S. The second-order valence-electron chi connectivity index (χ2n) is 2.27. The van der Waals surface area contributed by atoms with Gasteiger partial charge in [-0.2, -0.15) is 12.6 Å². The predicted octanol–water partition coefficient (Wildman–Crippen LogP) is -0.0786. The van der Waals surface area contributed by atoms with Crippen LogP contribution in [0, 0.1) is 0 Å². The van der Waals surface area contributed by atoms with E-state index in [-0.39, 0.29) is 11.4 Å². The zero-order chi connectivity index (χ0) is 7.56. The van der Waals surface area contributed by atoms with Crippen LogP contribution in [-0.4, -0.2) is 22.8 Å². The summed E-state index contributed by atoms with van der Waals surface area (Å²) in [6.45, 7) is 0.761. The number of hydrazine groups is 1. The number of hydrogen-bond donors (Lipinski definition) is 3. The number of urea groups is 1. The first-order chi connectivity index (χ1) is 4.75. The van der Waals surface area contributed by atoms with Crippen molar-refractivity contribution in [3.8, 4) is 0 Å². The average Bonchev–Trinajstić information content (AvgIpc) is 2.34. The molecule has 2 amide bonds. The summed E-state index contributed by atoms with van der Waals surface area (Å²) >= 11 is 4.19. The molecule has 0 aromatic heterocycles. The van der Waals surface area contributed by atoms with Gasteiger partial charge >= 0.3 is 6.03 Å². The number of nitrogens with two attached hydrogens (primary N) is 1. The van der Waals surface area contributed by atoms with E-state index >= 15 is 0 Å². The molecule has 4 nitrogen and oxygen atoms in total. The van der Waals surface area contributed by atoms with E-state index in [9.17, 15) is 4.79 Å². The largest absolute Gasteiger partial charge is 0.332 e. The standard InChI is InChI=1S/C5H11N3OS/c6-7-5(9)8-3-1-2-4(8)10/h4,10H,1-3,6H2,(H,7,9). The molecule has 5 heteroatoms. The van der Waals surface area contributed by atoms with Gasteiger partial charge < -0.3 is 4.90 Å². The van der Waals surface area contributed by atoms with Gasteiger partial charge in [-0.15, -0.1) is 0 Å². The molecule has 58 valence electrons. The summed E-state index contributed by atoms with van der Waals surface area (Å²) in [5, 5.41) is 0.0450. The summed E-state index contributed by atoms with van der Waals surface area (Å²) in [6, 6.07) is -0.238. The summed E-state index contributed by atoms with van der Waals surface area (Å²) in [7, 11) is 0. The minimum Gasteiger partial charge on any atom is -0.312 e. The fourth-order valence-corrected chi connectivity index (χ4v) is 1.47. The van der Waals surface area contributed by atoms with Crippen LogP contribution in [0.1, 0.15) is 12.8 Å². The number of nitrogens with one attached hydrogen (secondary N) is 1. The molecule has 1 saturated heterocycles. The summed E-state index contributed by atoms with van der Waals surface area (Å²) in [5.74, 6) is 4.94. The quantitative estimate of drug-likeness (QED) is 0.201. The van der Waals surface area contributed by atoms with Crippen LogP contribution < -0.4 is 11.3 Å². The van der Waals surface area contributed by atoms with Crippen molar-refractivity contribution in [2.24, 2.45) is 5.84 Å². The second-order valence-corrected chi connectivity index (χ2v) is 2.86. The number of thiol groups is 1. The number of carbonyl (C=O) groups is 1. The zero-order valence-electron chi connectivity index (χ0n) is 5.58. The Morgan fingerprint density at radius 1 is 1.80 bits per heavy atom. The van der Waals surface area contributed by atoms with Crippen LogP contribution in [-0.2, 0) is 0 Å². The van der Waals surface area contributed by atoms with Crippen molar-refractivity contribution in [3.05, 3.63) is 0 Å². The Kier molecular flexibility index (Phi) is 2.39. The Bertz CT molecular complexity index is 141. The van der Waals surface area contributed by atoms with E-state index in [0.29, 0.717) is 0 Å². The molecule has 0 aliphatic carbocycles. The van der Waals surface area contributed by atoms with Gasteiger partial charge in [-0.25, -0.2) is 10.6 Å². The summed E-state index contributed by atoms with van der Waals surface area (Å²) < 4.78 is 0. The second kappa shape index (κ2) is 3.12. The van der Waals surface area contributed by atoms with Crippen LogP contribution in [0.15, 0.2) is 0 Å². The molecule has 1 heterocycles. The van der Waals surface area contributed by atoms with Crippen molar-refractivity contribution in [1.82, 2.24) is 10.3 Å². The molecule has 1 rings (SSSR count). The molecular formula is C5H11N3OS. The predicted molar refractivity (Wildman–Crippen MR) is 41.4 cm³/mol. The fraction of sp³-hybridized carbons (Fsp3) is 0.800. The molecule has 0 spiro atoms. The van der Waals surface area contributed by atoms with Gasteiger partial charge in [-0.3, -0.25) is 5.43 Å². The van der Waals surface area contributed by atoms with E-state index in [1.165, 1.54) is 0 Å². The highest BCUT2D eigenvalue weighted by Gasteiger charge is 2.24.